The lowest BCUT2D eigenvalue weighted by molar-refractivity contribution is -0.142. The molecule has 29 heavy (non-hydrogen) atoms. The predicted molar refractivity (Wildman–Crippen MR) is 111 cm³/mol. The number of amides is 2. The summed E-state index contributed by atoms with van der Waals surface area (Å²) >= 11 is 6.07. The average molecular weight is 421 g/mol. The van der Waals surface area contributed by atoms with E-state index in [2.05, 4.69) is 5.32 Å². The molecule has 2 rings (SSSR count). The number of rotatable bonds is 9. The van der Waals surface area contributed by atoms with E-state index in [1.54, 1.807) is 43.3 Å². The van der Waals surface area contributed by atoms with E-state index in [9.17, 15) is 14.0 Å². The maximum atomic E-state index is 13.2. The molecule has 0 unspecified atom stereocenters. The summed E-state index contributed by atoms with van der Waals surface area (Å²) in [5, 5.41) is 3.28. The molecule has 2 atom stereocenters. The highest BCUT2D eigenvalue weighted by Crippen LogP contribution is 2.23. The number of carbonyl (C=O) groups excluding carboxylic acids is 2. The van der Waals surface area contributed by atoms with Gasteiger partial charge in [-0.2, -0.15) is 0 Å². The van der Waals surface area contributed by atoms with Gasteiger partial charge in [-0.3, -0.25) is 9.59 Å². The summed E-state index contributed by atoms with van der Waals surface area (Å²) in [7, 11) is 0. The van der Waals surface area contributed by atoms with Gasteiger partial charge in [0.25, 0.3) is 5.91 Å². The van der Waals surface area contributed by atoms with Crippen molar-refractivity contribution in [2.75, 3.05) is 6.61 Å². The molecule has 0 spiro atoms. The molecule has 2 aromatic carbocycles. The van der Waals surface area contributed by atoms with Gasteiger partial charge < -0.3 is 15.0 Å². The second kappa shape index (κ2) is 10.8. The van der Waals surface area contributed by atoms with Crippen molar-refractivity contribution in [2.24, 2.45) is 0 Å². The molecular formula is C22H26ClFN2O3. The van der Waals surface area contributed by atoms with Crippen molar-refractivity contribution in [3.8, 4) is 5.75 Å². The van der Waals surface area contributed by atoms with Gasteiger partial charge in [-0.25, -0.2) is 4.39 Å². The zero-order chi connectivity index (χ0) is 21.4. The summed E-state index contributed by atoms with van der Waals surface area (Å²) in [4.78, 5) is 26.9. The molecule has 0 heterocycles. The number of carbonyl (C=O) groups is 2. The first-order valence-electron chi connectivity index (χ1n) is 9.53. The zero-order valence-corrected chi connectivity index (χ0v) is 17.6. The number of nitrogens with one attached hydrogen (secondary N) is 1. The molecule has 0 aliphatic rings. The molecule has 0 fully saturated rings. The third kappa shape index (κ3) is 6.75. The Morgan fingerprint density at radius 3 is 2.41 bits per heavy atom. The number of halogens is 2. The number of ether oxygens (including phenoxy) is 1. The van der Waals surface area contributed by atoms with Crippen LogP contribution in [0.1, 0.15) is 32.8 Å². The van der Waals surface area contributed by atoms with Crippen LogP contribution < -0.4 is 10.1 Å². The quantitative estimate of drug-likeness (QED) is 0.661. The Labute approximate surface area is 175 Å². The standard InChI is InChI=1S/C22H26ClFN2O3/c1-4-15(2)25-22(28)16(3)26(13-17-9-11-18(24)12-10-17)21(27)14-29-20-8-6-5-7-19(20)23/h5-12,15-16H,4,13-14H2,1-3H3,(H,25,28)/t15-,16-/m1/s1. The molecule has 0 radical (unpaired) electrons. The normalized spacial score (nSPS) is 12.7. The van der Waals surface area contributed by atoms with Crippen molar-refractivity contribution < 1.29 is 18.7 Å². The van der Waals surface area contributed by atoms with E-state index in [-0.39, 0.29) is 36.8 Å². The second-order valence-corrected chi connectivity index (χ2v) is 7.27. The lowest BCUT2D eigenvalue weighted by Gasteiger charge is -2.29. The van der Waals surface area contributed by atoms with Gasteiger partial charge in [0, 0.05) is 12.6 Å². The van der Waals surface area contributed by atoms with Gasteiger partial charge in [-0.15, -0.1) is 0 Å². The van der Waals surface area contributed by atoms with Crippen LogP contribution in [0.5, 0.6) is 5.75 Å². The monoisotopic (exact) mass is 420 g/mol. The van der Waals surface area contributed by atoms with E-state index in [0.29, 0.717) is 16.3 Å². The molecule has 1 N–H and O–H groups in total. The summed E-state index contributed by atoms with van der Waals surface area (Å²) < 4.78 is 18.8. The molecule has 0 saturated carbocycles. The fourth-order valence-electron chi connectivity index (χ4n) is 2.62. The molecule has 0 bridgehead atoms. The van der Waals surface area contributed by atoms with E-state index < -0.39 is 6.04 Å². The first-order valence-corrected chi connectivity index (χ1v) is 9.91. The smallest absolute Gasteiger partial charge is 0.261 e. The summed E-state index contributed by atoms with van der Waals surface area (Å²) in [5.41, 5.74) is 0.709. The summed E-state index contributed by atoms with van der Waals surface area (Å²) in [5.74, 6) is -0.606. The summed E-state index contributed by atoms with van der Waals surface area (Å²) in [6.45, 7) is 5.41. The number of para-hydroxylation sites is 1. The van der Waals surface area contributed by atoms with E-state index in [1.807, 2.05) is 13.8 Å². The average Bonchev–Trinajstić information content (AvgIpc) is 2.71. The number of hydrogen-bond donors (Lipinski definition) is 1. The minimum absolute atomic E-state index is 0.00732. The van der Waals surface area contributed by atoms with Gasteiger partial charge in [0.05, 0.1) is 5.02 Å². The maximum Gasteiger partial charge on any atom is 0.261 e. The van der Waals surface area contributed by atoms with Crippen molar-refractivity contribution in [3.05, 3.63) is 64.9 Å². The largest absolute Gasteiger partial charge is 0.482 e. The van der Waals surface area contributed by atoms with Crippen molar-refractivity contribution in [1.29, 1.82) is 0 Å². The number of benzene rings is 2. The molecule has 156 valence electrons. The highest BCUT2D eigenvalue weighted by Gasteiger charge is 2.27. The first kappa shape index (κ1) is 22.7. The van der Waals surface area contributed by atoms with Crippen LogP contribution >= 0.6 is 11.6 Å². The number of nitrogens with zero attached hydrogens (tertiary/aromatic N) is 1. The molecule has 0 saturated heterocycles. The Hall–Kier alpha value is -2.60. The Balaban J connectivity index is 2.15. The Kier molecular flexibility index (Phi) is 8.46. The van der Waals surface area contributed by atoms with Crippen molar-refractivity contribution in [3.63, 3.8) is 0 Å². The lowest BCUT2D eigenvalue weighted by Crippen LogP contribution is -2.50. The third-order valence-electron chi connectivity index (χ3n) is 4.62. The first-order chi connectivity index (χ1) is 13.8. The molecule has 2 aromatic rings. The zero-order valence-electron chi connectivity index (χ0n) is 16.8. The number of hydrogen-bond acceptors (Lipinski definition) is 3. The molecule has 0 aromatic heterocycles. The predicted octanol–water partition coefficient (Wildman–Crippen LogP) is 4.19. The van der Waals surface area contributed by atoms with Crippen molar-refractivity contribution >= 4 is 23.4 Å². The molecule has 7 heteroatoms. The second-order valence-electron chi connectivity index (χ2n) is 6.86. The SMILES string of the molecule is CC[C@@H](C)NC(=O)[C@@H](C)N(Cc1ccc(F)cc1)C(=O)COc1ccccc1Cl. The van der Waals surface area contributed by atoms with E-state index in [1.165, 1.54) is 17.0 Å². The minimum atomic E-state index is -0.726. The Morgan fingerprint density at radius 2 is 1.79 bits per heavy atom. The Morgan fingerprint density at radius 1 is 1.14 bits per heavy atom. The van der Waals surface area contributed by atoms with Crippen LogP contribution in [0.2, 0.25) is 5.02 Å². The topological polar surface area (TPSA) is 58.6 Å². The maximum absolute atomic E-state index is 13.2. The Bertz CT molecular complexity index is 829. The van der Waals surface area contributed by atoms with Crippen LogP contribution in [0.25, 0.3) is 0 Å². The fraction of sp³-hybridized carbons (Fsp3) is 0.364. The molecular weight excluding hydrogens is 395 g/mol. The molecule has 2 amide bonds. The van der Waals surface area contributed by atoms with Gasteiger partial charge in [-0.05, 0) is 50.1 Å². The lowest BCUT2D eigenvalue weighted by atomic mass is 10.1. The van der Waals surface area contributed by atoms with Crippen LogP contribution in [0.4, 0.5) is 4.39 Å². The summed E-state index contributed by atoms with van der Waals surface area (Å²) in [6, 6.07) is 11.9. The van der Waals surface area contributed by atoms with E-state index in [4.69, 9.17) is 16.3 Å². The highest BCUT2D eigenvalue weighted by atomic mass is 35.5. The van der Waals surface area contributed by atoms with Crippen molar-refractivity contribution in [1.82, 2.24) is 10.2 Å². The van der Waals surface area contributed by atoms with Crippen LogP contribution in [-0.2, 0) is 16.1 Å². The fourth-order valence-corrected chi connectivity index (χ4v) is 2.81. The van der Waals surface area contributed by atoms with E-state index in [0.717, 1.165) is 6.42 Å². The van der Waals surface area contributed by atoms with Crippen LogP contribution in [0.3, 0.4) is 0 Å². The van der Waals surface area contributed by atoms with Crippen molar-refractivity contribution in [2.45, 2.75) is 45.8 Å². The molecule has 5 nitrogen and oxygen atoms in total. The van der Waals surface area contributed by atoms with Gasteiger partial charge in [0.2, 0.25) is 5.91 Å². The highest BCUT2D eigenvalue weighted by molar-refractivity contribution is 6.32. The molecule has 0 aliphatic carbocycles. The van der Waals surface area contributed by atoms with Gasteiger partial charge in [0.1, 0.15) is 17.6 Å². The van der Waals surface area contributed by atoms with Crippen LogP contribution in [0, 0.1) is 5.82 Å². The van der Waals surface area contributed by atoms with E-state index >= 15 is 0 Å². The van der Waals surface area contributed by atoms with Gasteiger partial charge in [-0.1, -0.05) is 42.8 Å². The van der Waals surface area contributed by atoms with Crippen LogP contribution in [0.15, 0.2) is 48.5 Å². The third-order valence-corrected chi connectivity index (χ3v) is 4.93. The molecule has 0 aliphatic heterocycles. The van der Waals surface area contributed by atoms with Gasteiger partial charge in [0.15, 0.2) is 6.61 Å². The van der Waals surface area contributed by atoms with Gasteiger partial charge >= 0.3 is 0 Å². The van der Waals surface area contributed by atoms with Crippen LogP contribution in [-0.4, -0.2) is 35.4 Å². The minimum Gasteiger partial charge on any atom is -0.482 e. The summed E-state index contributed by atoms with van der Waals surface area (Å²) in [6.07, 6.45) is 0.778.